The number of carbonyl (C=O) groups is 1. The highest BCUT2D eigenvalue weighted by atomic mass is 35.5. The van der Waals surface area contributed by atoms with Gasteiger partial charge in [-0.05, 0) is 50.6 Å². The van der Waals surface area contributed by atoms with Crippen LogP contribution in [0.3, 0.4) is 0 Å². The molecule has 1 amide bonds. The highest BCUT2D eigenvalue weighted by Crippen LogP contribution is 2.41. The minimum Gasteiger partial charge on any atom is -0.341 e. The van der Waals surface area contributed by atoms with E-state index in [0.717, 1.165) is 68.9 Å². The first-order valence-corrected chi connectivity index (χ1v) is 9.24. The smallest absolute Gasteiger partial charge is 0.233 e. The Morgan fingerprint density at radius 3 is 2.57 bits per heavy atom. The molecule has 2 fully saturated rings. The lowest BCUT2D eigenvalue weighted by Gasteiger charge is -2.40. The number of likely N-dealkylation sites (N-methyl/N-ethyl adjacent to an activating group) is 1. The third-order valence-electron chi connectivity index (χ3n) is 5.50. The first kappa shape index (κ1) is 16.8. The van der Waals surface area contributed by atoms with Crippen LogP contribution < -0.4 is 0 Å². The Morgan fingerprint density at radius 2 is 1.83 bits per heavy atom. The maximum absolute atomic E-state index is 13.5. The third kappa shape index (κ3) is 3.56. The van der Waals surface area contributed by atoms with Crippen LogP contribution in [-0.4, -0.2) is 48.9 Å². The monoisotopic (exact) mass is 334 g/mol. The summed E-state index contributed by atoms with van der Waals surface area (Å²) in [5.74, 6) is 0.328. The summed E-state index contributed by atoms with van der Waals surface area (Å²) >= 11 is 6.23. The Bertz CT molecular complexity index is 554. The Morgan fingerprint density at radius 1 is 1.04 bits per heavy atom. The van der Waals surface area contributed by atoms with Gasteiger partial charge in [0.1, 0.15) is 0 Å². The summed E-state index contributed by atoms with van der Waals surface area (Å²) in [6.07, 6.45) is 6.47. The van der Waals surface area contributed by atoms with Crippen molar-refractivity contribution in [2.75, 3.05) is 33.2 Å². The minimum absolute atomic E-state index is 0.328. The Labute approximate surface area is 144 Å². The van der Waals surface area contributed by atoms with E-state index in [1.54, 1.807) is 0 Å². The standard InChI is InChI=1S/C19H27ClN2O/c1-21-11-6-12-22(14-13-21)18(23)19(9-3-2-4-10-19)16-7-5-8-17(20)15-16/h5,7-8,15H,2-4,6,9-14H2,1H3. The lowest BCUT2D eigenvalue weighted by molar-refractivity contribution is -0.138. The fourth-order valence-corrected chi connectivity index (χ4v) is 4.31. The quantitative estimate of drug-likeness (QED) is 0.823. The number of rotatable bonds is 2. The average Bonchev–Trinajstić information content (AvgIpc) is 2.79. The number of hydrogen-bond donors (Lipinski definition) is 0. The maximum atomic E-state index is 13.5. The van der Waals surface area contributed by atoms with Crippen molar-refractivity contribution in [2.24, 2.45) is 0 Å². The zero-order chi connectivity index (χ0) is 16.3. The predicted molar refractivity (Wildman–Crippen MR) is 94.9 cm³/mol. The van der Waals surface area contributed by atoms with Crippen molar-refractivity contribution >= 4 is 17.5 Å². The topological polar surface area (TPSA) is 23.6 Å². The summed E-state index contributed by atoms with van der Waals surface area (Å²) in [6, 6.07) is 7.98. The zero-order valence-electron chi connectivity index (χ0n) is 14.1. The van der Waals surface area contributed by atoms with E-state index in [-0.39, 0.29) is 5.41 Å². The van der Waals surface area contributed by atoms with Crippen molar-refractivity contribution in [2.45, 2.75) is 43.9 Å². The second-order valence-electron chi connectivity index (χ2n) is 7.10. The number of hydrogen-bond acceptors (Lipinski definition) is 2. The molecule has 0 spiro atoms. The van der Waals surface area contributed by atoms with Gasteiger partial charge in [-0.15, -0.1) is 0 Å². The van der Waals surface area contributed by atoms with Crippen LogP contribution in [0.25, 0.3) is 0 Å². The van der Waals surface area contributed by atoms with Gasteiger partial charge in [0.15, 0.2) is 0 Å². The molecule has 3 nitrogen and oxygen atoms in total. The second kappa shape index (κ2) is 7.23. The molecule has 0 bridgehead atoms. The minimum atomic E-state index is -0.355. The first-order valence-electron chi connectivity index (χ1n) is 8.86. The number of nitrogens with zero attached hydrogens (tertiary/aromatic N) is 2. The normalized spacial score (nSPS) is 22.6. The lowest BCUT2D eigenvalue weighted by atomic mass is 9.68. The van der Waals surface area contributed by atoms with Crippen molar-refractivity contribution in [3.8, 4) is 0 Å². The summed E-state index contributed by atoms with van der Waals surface area (Å²) in [6.45, 7) is 3.77. The molecule has 0 radical (unpaired) electrons. The van der Waals surface area contributed by atoms with E-state index in [9.17, 15) is 4.79 Å². The van der Waals surface area contributed by atoms with Gasteiger partial charge in [0.2, 0.25) is 5.91 Å². The number of amides is 1. The summed E-state index contributed by atoms with van der Waals surface area (Å²) in [7, 11) is 2.14. The zero-order valence-corrected chi connectivity index (χ0v) is 14.8. The molecular weight excluding hydrogens is 308 g/mol. The van der Waals surface area contributed by atoms with Crippen molar-refractivity contribution in [3.63, 3.8) is 0 Å². The number of halogens is 1. The SMILES string of the molecule is CN1CCCN(C(=O)C2(c3cccc(Cl)c3)CCCCC2)CC1. The van der Waals surface area contributed by atoms with Gasteiger partial charge >= 0.3 is 0 Å². The van der Waals surface area contributed by atoms with Gasteiger partial charge in [-0.1, -0.05) is 43.0 Å². The molecule has 0 atom stereocenters. The molecule has 1 aliphatic heterocycles. The molecule has 1 saturated heterocycles. The molecule has 126 valence electrons. The average molecular weight is 335 g/mol. The van der Waals surface area contributed by atoms with Crippen LogP contribution in [0.15, 0.2) is 24.3 Å². The number of benzene rings is 1. The van der Waals surface area contributed by atoms with E-state index in [2.05, 4.69) is 22.9 Å². The van der Waals surface area contributed by atoms with E-state index in [4.69, 9.17) is 11.6 Å². The third-order valence-corrected chi connectivity index (χ3v) is 5.74. The summed E-state index contributed by atoms with van der Waals surface area (Å²) in [5, 5.41) is 0.732. The molecule has 1 aliphatic carbocycles. The largest absolute Gasteiger partial charge is 0.341 e. The Hall–Kier alpha value is -1.06. The summed E-state index contributed by atoms with van der Waals surface area (Å²) in [4.78, 5) is 17.9. The molecule has 1 aromatic carbocycles. The number of carbonyl (C=O) groups excluding carboxylic acids is 1. The summed E-state index contributed by atoms with van der Waals surface area (Å²) in [5.41, 5.74) is 0.763. The molecule has 4 heteroatoms. The van der Waals surface area contributed by atoms with Gasteiger partial charge in [-0.3, -0.25) is 4.79 Å². The lowest BCUT2D eigenvalue weighted by Crippen LogP contribution is -2.49. The van der Waals surface area contributed by atoms with Gasteiger partial charge in [0.05, 0.1) is 5.41 Å². The van der Waals surface area contributed by atoms with E-state index < -0.39 is 0 Å². The van der Waals surface area contributed by atoms with Crippen LogP contribution in [0, 0.1) is 0 Å². The molecule has 2 aliphatic rings. The van der Waals surface area contributed by atoms with Crippen LogP contribution >= 0.6 is 11.6 Å². The van der Waals surface area contributed by atoms with Crippen molar-refractivity contribution in [1.82, 2.24) is 9.80 Å². The van der Waals surface area contributed by atoms with E-state index in [0.29, 0.717) is 5.91 Å². The van der Waals surface area contributed by atoms with Crippen LogP contribution in [0.5, 0.6) is 0 Å². The van der Waals surface area contributed by atoms with Gasteiger partial charge in [0, 0.05) is 24.7 Å². The molecular formula is C19H27ClN2O. The van der Waals surface area contributed by atoms with E-state index in [1.165, 1.54) is 6.42 Å². The molecule has 23 heavy (non-hydrogen) atoms. The highest BCUT2D eigenvalue weighted by molar-refractivity contribution is 6.30. The molecule has 1 saturated carbocycles. The van der Waals surface area contributed by atoms with Crippen molar-refractivity contribution in [1.29, 1.82) is 0 Å². The molecule has 3 rings (SSSR count). The predicted octanol–water partition coefficient (Wildman–Crippen LogP) is 3.71. The molecule has 0 aromatic heterocycles. The van der Waals surface area contributed by atoms with Gasteiger partial charge in [-0.25, -0.2) is 0 Å². The van der Waals surface area contributed by atoms with E-state index in [1.807, 2.05) is 18.2 Å². The van der Waals surface area contributed by atoms with Crippen LogP contribution in [0.1, 0.15) is 44.1 Å². The highest BCUT2D eigenvalue weighted by Gasteiger charge is 2.43. The Kier molecular flexibility index (Phi) is 5.27. The second-order valence-corrected chi connectivity index (χ2v) is 7.54. The van der Waals surface area contributed by atoms with Crippen LogP contribution in [0.4, 0.5) is 0 Å². The van der Waals surface area contributed by atoms with Crippen molar-refractivity contribution < 1.29 is 4.79 Å². The van der Waals surface area contributed by atoms with E-state index >= 15 is 0 Å². The molecule has 0 N–H and O–H groups in total. The van der Waals surface area contributed by atoms with Gasteiger partial charge in [-0.2, -0.15) is 0 Å². The van der Waals surface area contributed by atoms with Crippen molar-refractivity contribution in [3.05, 3.63) is 34.9 Å². The molecule has 1 heterocycles. The van der Waals surface area contributed by atoms with Gasteiger partial charge < -0.3 is 9.80 Å². The van der Waals surface area contributed by atoms with Gasteiger partial charge in [0.25, 0.3) is 0 Å². The molecule has 0 unspecified atom stereocenters. The fraction of sp³-hybridized carbons (Fsp3) is 0.632. The first-order chi connectivity index (χ1) is 11.1. The fourth-order valence-electron chi connectivity index (χ4n) is 4.12. The summed E-state index contributed by atoms with van der Waals surface area (Å²) < 4.78 is 0. The molecule has 1 aromatic rings. The Balaban J connectivity index is 1.90. The van der Waals surface area contributed by atoms with Crippen LogP contribution in [-0.2, 0) is 10.2 Å². The van der Waals surface area contributed by atoms with Crippen LogP contribution in [0.2, 0.25) is 5.02 Å². The maximum Gasteiger partial charge on any atom is 0.233 e.